The molecule has 6 heteroatoms. The van der Waals surface area contributed by atoms with Crippen LogP contribution in [-0.2, 0) is 15.6 Å². The molecule has 1 N–H and O–H groups in total. The van der Waals surface area contributed by atoms with Crippen molar-refractivity contribution in [2.75, 3.05) is 13.1 Å². The van der Waals surface area contributed by atoms with E-state index in [4.69, 9.17) is 0 Å². The number of benzene rings is 2. The molecule has 0 saturated carbocycles. The van der Waals surface area contributed by atoms with Gasteiger partial charge in [-0.05, 0) is 93.0 Å². The number of sulfonamides is 1. The zero-order valence-electron chi connectivity index (χ0n) is 17.1. The van der Waals surface area contributed by atoms with Crippen LogP contribution in [-0.4, -0.2) is 30.9 Å². The van der Waals surface area contributed by atoms with E-state index in [-0.39, 0.29) is 0 Å². The van der Waals surface area contributed by atoms with Gasteiger partial charge in [0.15, 0.2) is 0 Å². The summed E-state index contributed by atoms with van der Waals surface area (Å²) >= 11 is 3.41. The van der Waals surface area contributed by atoms with Gasteiger partial charge < -0.3 is 5.11 Å². The molecule has 0 bridgehead atoms. The van der Waals surface area contributed by atoms with Crippen LogP contribution >= 0.6 is 15.9 Å². The van der Waals surface area contributed by atoms with E-state index in [0.29, 0.717) is 30.8 Å². The molecule has 28 heavy (non-hydrogen) atoms. The summed E-state index contributed by atoms with van der Waals surface area (Å²) in [6, 6.07) is 7.60. The number of nitrogens with zero attached hydrogens (tertiary/aromatic N) is 1. The largest absolute Gasteiger partial charge is 0.385 e. The van der Waals surface area contributed by atoms with Crippen molar-refractivity contribution in [3.63, 3.8) is 0 Å². The third-order valence-electron chi connectivity index (χ3n) is 6.46. The van der Waals surface area contributed by atoms with Crippen molar-refractivity contribution in [1.29, 1.82) is 0 Å². The molecule has 3 rings (SSSR count). The summed E-state index contributed by atoms with van der Waals surface area (Å²) in [5, 5.41) is 11.1. The Kier molecular flexibility index (Phi) is 5.80. The lowest BCUT2D eigenvalue weighted by Crippen LogP contribution is -2.45. The molecule has 4 nitrogen and oxygen atoms in total. The molecule has 1 heterocycles. The Bertz CT molecular complexity index is 976. The first-order valence-corrected chi connectivity index (χ1v) is 11.8. The van der Waals surface area contributed by atoms with E-state index >= 15 is 0 Å². The maximum Gasteiger partial charge on any atom is 0.243 e. The van der Waals surface area contributed by atoms with E-state index in [1.54, 1.807) is 0 Å². The van der Waals surface area contributed by atoms with E-state index < -0.39 is 15.6 Å². The fourth-order valence-corrected chi connectivity index (χ4v) is 6.39. The molecular weight excluding hydrogens is 438 g/mol. The first-order valence-electron chi connectivity index (χ1n) is 9.54. The molecular formula is C22H28BrNO3S. The number of aliphatic hydroxyl groups is 1. The van der Waals surface area contributed by atoms with Crippen LogP contribution in [0.3, 0.4) is 0 Å². The minimum Gasteiger partial charge on any atom is -0.385 e. The maximum atomic E-state index is 13.5. The SMILES string of the molecule is Cc1c(C)c(C)c(S(=O)(=O)N2CCC(O)(c3ccc(Br)cc3)CC2)c(C)c1C. The molecule has 2 aromatic rings. The Morgan fingerprint density at radius 1 is 0.857 bits per heavy atom. The number of rotatable bonds is 3. The van der Waals surface area contributed by atoms with Gasteiger partial charge in [-0.2, -0.15) is 4.31 Å². The van der Waals surface area contributed by atoms with Crippen LogP contribution in [0.5, 0.6) is 0 Å². The average molecular weight is 466 g/mol. The molecule has 0 aliphatic carbocycles. The Morgan fingerprint density at radius 2 is 1.29 bits per heavy atom. The summed E-state index contributed by atoms with van der Waals surface area (Å²) in [6.45, 7) is 10.4. The second kappa shape index (κ2) is 7.56. The summed E-state index contributed by atoms with van der Waals surface area (Å²) in [5.41, 5.74) is 4.72. The van der Waals surface area contributed by atoms with Gasteiger partial charge in [-0.25, -0.2) is 8.42 Å². The van der Waals surface area contributed by atoms with Gasteiger partial charge in [-0.3, -0.25) is 0 Å². The smallest absolute Gasteiger partial charge is 0.243 e. The average Bonchev–Trinajstić information content (AvgIpc) is 2.65. The van der Waals surface area contributed by atoms with Crippen molar-refractivity contribution in [1.82, 2.24) is 4.31 Å². The Morgan fingerprint density at radius 3 is 1.75 bits per heavy atom. The topological polar surface area (TPSA) is 57.6 Å². The number of piperidine rings is 1. The fourth-order valence-electron chi connectivity index (χ4n) is 4.13. The van der Waals surface area contributed by atoms with Gasteiger partial charge in [0.05, 0.1) is 10.5 Å². The minimum absolute atomic E-state index is 0.305. The van der Waals surface area contributed by atoms with Gasteiger partial charge in [0.25, 0.3) is 0 Å². The first kappa shape index (κ1) is 21.5. The highest BCUT2D eigenvalue weighted by Crippen LogP contribution is 2.37. The lowest BCUT2D eigenvalue weighted by atomic mass is 9.85. The van der Waals surface area contributed by atoms with Crippen LogP contribution in [0.2, 0.25) is 0 Å². The number of hydrogen-bond donors (Lipinski definition) is 1. The molecule has 0 aromatic heterocycles. The zero-order chi connectivity index (χ0) is 20.9. The molecule has 0 amide bonds. The Labute approximate surface area is 176 Å². The number of halogens is 1. The van der Waals surface area contributed by atoms with E-state index in [1.165, 1.54) is 4.31 Å². The Balaban J connectivity index is 1.91. The summed E-state index contributed by atoms with van der Waals surface area (Å²) in [4.78, 5) is 0.433. The summed E-state index contributed by atoms with van der Waals surface area (Å²) < 4.78 is 29.4. The summed E-state index contributed by atoms with van der Waals surface area (Å²) in [6.07, 6.45) is 0.769. The lowest BCUT2D eigenvalue weighted by Gasteiger charge is -2.38. The van der Waals surface area contributed by atoms with Gasteiger partial charge in [-0.15, -0.1) is 0 Å². The van der Waals surface area contributed by atoms with Crippen molar-refractivity contribution < 1.29 is 13.5 Å². The van der Waals surface area contributed by atoms with Crippen molar-refractivity contribution in [3.05, 3.63) is 62.1 Å². The highest BCUT2D eigenvalue weighted by atomic mass is 79.9. The van der Waals surface area contributed by atoms with Gasteiger partial charge >= 0.3 is 0 Å². The molecule has 0 spiro atoms. The third-order valence-corrected chi connectivity index (χ3v) is 9.16. The predicted octanol–water partition coefficient (Wildman–Crippen LogP) is 4.66. The summed E-state index contributed by atoms with van der Waals surface area (Å²) in [7, 11) is -3.61. The van der Waals surface area contributed by atoms with E-state index in [1.807, 2.05) is 58.9 Å². The lowest BCUT2D eigenvalue weighted by molar-refractivity contribution is -0.00963. The van der Waals surface area contributed by atoms with Gasteiger partial charge in [0.1, 0.15) is 0 Å². The maximum absolute atomic E-state index is 13.5. The van der Waals surface area contributed by atoms with E-state index in [2.05, 4.69) is 15.9 Å². The molecule has 1 aliphatic rings. The molecule has 2 aromatic carbocycles. The van der Waals surface area contributed by atoms with E-state index in [9.17, 15) is 13.5 Å². The van der Waals surface area contributed by atoms with Crippen molar-refractivity contribution in [2.45, 2.75) is 58.0 Å². The highest BCUT2D eigenvalue weighted by Gasteiger charge is 2.39. The second-order valence-corrected chi connectivity index (χ2v) is 10.7. The second-order valence-electron chi connectivity index (χ2n) is 7.90. The molecule has 152 valence electrons. The monoisotopic (exact) mass is 465 g/mol. The first-order chi connectivity index (χ1) is 13.0. The van der Waals surface area contributed by atoms with Gasteiger partial charge in [0, 0.05) is 17.6 Å². The van der Waals surface area contributed by atoms with Crippen LogP contribution in [0.4, 0.5) is 0 Å². The molecule has 1 fully saturated rings. The van der Waals surface area contributed by atoms with Crippen LogP contribution in [0, 0.1) is 34.6 Å². The molecule has 0 radical (unpaired) electrons. The standard InChI is InChI=1S/C22H28BrNO3S/c1-14-15(2)17(4)21(18(5)16(14)3)28(26,27)24-12-10-22(25,11-13-24)19-6-8-20(23)9-7-19/h6-9,25H,10-13H2,1-5H3. The zero-order valence-corrected chi connectivity index (χ0v) is 19.5. The van der Waals surface area contributed by atoms with Crippen molar-refractivity contribution >= 4 is 26.0 Å². The quantitative estimate of drug-likeness (QED) is 0.716. The van der Waals surface area contributed by atoms with Gasteiger partial charge in [-0.1, -0.05) is 28.1 Å². The van der Waals surface area contributed by atoms with Gasteiger partial charge in [0.2, 0.25) is 10.0 Å². The number of hydrogen-bond acceptors (Lipinski definition) is 3. The normalized spacial score (nSPS) is 17.7. The highest BCUT2D eigenvalue weighted by molar-refractivity contribution is 9.10. The third kappa shape index (κ3) is 3.56. The molecule has 0 atom stereocenters. The predicted molar refractivity (Wildman–Crippen MR) is 116 cm³/mol. The molecule has 1 saturated heterocycles. The van der Waals surface area contributed by atoms with Crippen LogP contribution in [0.25, 0.3) is 0 Å². The van der Waals surface area contributed by atoms with Crippen LogP contribution in [0.15, 0.2) is 33.6 Å². The minimum atomic E-state index is -3.61. The summed E-state index contributed by atoms with van der Waals surface area (Å²) in [5.74, 6) is 0. The molecule has 0 unspecified atom stereocenters. The van der Waals surface area contributed by atoms with Crippen LogP contribution < -0.4 is 0 Å². The van der Waals surface area contributed by atoms with Crippen molar-refractivity contribution in [2.24, 2.45) is 0 Å². The Hall–Kier alpha value is -1.21. The fraction of sp³-hybridized carbons (Fsp3) is 0.455. The van der Waals surface area contributed by atoms with Crippen LogP contribution in [0.1, 0.15) is 46.2 Å². The van der Waals surface area contributed by atoms with E-state index in [0.717, 1.165) is 37.9 Å². The molecule has 1 aliphatic heterocycles. The van der Waals surface area contributed by atoms with Crippen molar-refractivity contribution in [3.8, 4) is 0 Å².